The van der Waals surface area contributed by atoms with E-state index in [2.05, 4.69) is 36.1 Å². The maximum Gasteiger partial charge on any atom is 0.157 e. The highest BCUT2D eigenvalue weighted by molar-refractivity contribution is 5.89. The molecule has 2 rings (SSSR count). The van der Waals surface area contributed by atoms with Crippen molar-refractivity contribution in [3.63, 3.8) is 0 Å². The summed E-state index contributed by atoms with van der Waals surface area (Å²) in [5.41, 5.74) is 2.28. The molecule has 2 nitrogen and oxygen atoms in total. The SMILES string of the molecule is Cc1cccc(N2CCC(C)(C)C(=O)C2)c1. The van der Waals surface area contributed by atoms with Crippen LogP contribution in [0.4, 0.5) is 5.69 Å². The lowest BCUT2D eigenvalue weighted by atomic mass is 9.81. The van der Waals surface area contributed by atoms with Crippen LogP contribution in [0.3, 0.4) is 0 Å². The number of nitrogens with zero attached hydrogens (tertiary/aromatic N) is 1. The predicted molar refractivity (Wildman–Crippen MR) is 66.8 cm³/mol. The lowest BCUT2D eigenvalue weighted by Gasteiger charge is -2.36. The van der Waals surface area contributed by atoms with Crippen molar-refractivity contribution in [1.82, 2.24) is 0 Å². The van der Waals surface area contributed by atoms with Gasteiger partial charge in [-0.05, 0) is 31.0 Å². The van der Waals surface area contributed by atoms with E-state index >= 15 is 0 Å². The van der Waals surface area contributed by atoms with Crippen LogP contribution in [0.15, 0.2) is 24.3 Å². The van der Waals surface area contributed by atoms with E-state index in [9.17, 15) is 4.79 Å². The van der Waals surface area contributed by atoms with Gasteiger partial charge in [-0.2, -0.15) is 0 Å². The van der Waals surface area contributed by atoms with Crippen molar-refractivity contribution in [3.8, 4) is 0 Å². The fraction of sp³-hybridized carbons (Fsp3) is 0.500. The number of hydrogen-bond acceptors (Lipinski definition) is 2. The largest absolute Gasteiger partial charge is 0.364 e. The van der Waals surface area contributed by atoms with E-state index in [1.165, 1.54) is 11.3 Å². The zero-order valence-electron chi connectivity index (χ0n) is 10.3. The standard InChI is InChI=1S/C14H19NO/c1-11-5-4-6-12(9-11)15-8-7-14(2,3)13(16)10-15/h4-6,9H,7-8,10H2,1-3H3. The molecule has 1 aromatic rings. The van der Waals surface area contributed by atoms with Gasteiger partial charge in [-0.25, -0.2) is 0 Å². The molecule has 2 heteroatoms. The minimum absolute atomic E-state index is 0.139. The molecule has 1 heterocycles. The lowest BCUT2D eigenvalue weighted by molar-refractivity contribution is -0.127. The van der Waals surface area contributed by atoms with Gasteiger partial charge in [0.25, 0.3) is 0 Å². The Bertz CT molecular complexity index is 409. The number of aryl methyl sites for hydroxylation is 1. The molecule has 1 aliphatic heterocycles. The molecule has 0 saturated carbocycles. The Hall–Kier alpha value is -1.31. The molecule has 0 bridgehead atoms. The summed E-state index contributed by atoms with van der Waals surface area (Å²) in [5, 5.41) is 0. The van der Waals surface area contributed by atoms with Crippen LogP contribution in [0.2, 0.25) is 0 Å². The summed E-state index contributed by atoms with van der Waals surface area (Å²) in [6.45, 7) is 7.70. The van der Waals surface area contributed by atoms with Gasteiger partial charge in [-0.1, -0.05) is 26.0 Å². The molecule has 0 aromatic heterocycles. The van der Waals surface area contributed by atoms with Gasteiger partial charge in [0.15, 0.2) is 5.78 Å². The van der Waals surface area contributed by atoms with Crippen LogP contribution in [0.5, 0.6) is 0 Å². The monoisotopic (exact) mass is 217 g/mol. The first-order valence-electron chi connectivity index (χ1n) is 5.84. The van der Waals surface area contributed by atoms with Crippen LogP contribution < -0.4 is 4.90 Å². The van der Waals surface area contributed by atoms with E-state index in [0.717, 1.165) is 13.0 Å². The topological polar surface area (TPSA) is 20.3 Å². The molecular formula is C14H19NO. The van der Waals surface area contributed by atoms with Gasteiger partial charge >= 0.3 is 0 Å². The van der Waals surface area contributed by atoms with E-state index in [1.54, 1.807) is 0 Å². The number of ketones is 1. The highest BCUT2D eigenvalue weighted by atomic mass is 16.1. The molecule has 86 valence electrons. The molecule has 1 fully saturated rings. The minimum atomic E-state index is -0.139. The van der Waals surface area contributed by atoms with Crippen LogP contribution in [0, 0.1) is 12.3 Å². The Balaban J connectivity index is 2.17. The number of piperidine rings is 1. The van der Waals surface area contributed by atoms with Crippen molar-refractivity contribution in [2.24, 2.45) is 5.41 Å². The molecule has 0 spiro atoms. The second-order valence-electron chi connectivity index (χ2n) is 5.32. The number of rotatable bonds is 1. The molecule has 0 amide bonds. The summed E-state index contributed by atoms with van der Waals surface area (Å²) >= 11 is 0. The maximum absolute atomic E-state index is 11.9. The normalized spacial score (nSPS) is 19.9. The second-order valence-corrected chi connectivity index (χ2v) is 5.32. The fourth-order valence-electron chi connectivity index (χ4n) is 2.07. The molecule has 0 N–H and O–H groups in total. The third-order valence-corrected chi connectivity index (χ3v) is 3.46. The number of hydrogen-bond donors (Lipinski definition) is 0. The number of carbonyl (C=O) groups excluding carboxylic acids is 1. The Labute approximate surface area is 97.3 Å². The van der Waals surface area contributed by atoms with Crippen LogP contribution in [0.1, 0.15) is 25.8 Å². The van der Waals surface area contributed by atoms with Crippen molar-refractivity contribution < 1.29 is 4.79 Å². The van der Waals surface area contributed by atoms with Crippen molar-refractivity contribution in [2.75, 3.05) is 18.0 Å². The summed E-state index contributed by atoms with van der Waals surface area (Å²) < 4.78 is 0. The first-order valence-corrected chi connectivity index (χ1v) is 5.84. The molecule has 0 aliphatic carbocycles. The molecule has 0 atom stereocenters. The molecular weight excluding hydrogens is 198 g/mol. The number of anilines is 1. The smallest absolute Gasteiger partial charge is 0.157 e. The average molecular weight is 217 g/mol. The van der Waals surface area contributed by atoms with E-state index in [4.69, 9.17) is 0 Å². The van der Waals surface area contributed by atoms with Crippen molar-refractivity contribution >= 4 is 11.5 Å². The Morgan fingerprint density at radius 2 is 2.06 bits per heavy atom. The summed E-state index contributed by atoms with van der Waals surface area (Å²) in [6.07, 6.45) is 0.944. The zero-order chi connectivity index (χ0) is 11.8. The van der Waals surface area contributed by atoms with Gasteiger partial charge in [0.1, 0.15) is 0 Å². The van der Waals surface area contributed by atoms with Gasteiger partial charge in [-0.15, -0.1) is 0 Å². The number of carbonyl (C=O) groups is 1. The van der Waals surface area contributed by atoms with Gasteiger partial charge in [0, 0.05) is 17.6 Å². The second kappa shape index (κ2) is 3.93. The molecule has 0 radical (unpaired) electrons. The Morgan fingerprint density at radius 1 is 1.31 bits per heavy atom. The predicted octanol–water partition coefficient (Wildman–Crippen LogP) is 2.80. The lowest BCUT2D eigenvalue weighted by Crippen LogP contribution is -2.45. The van der Waals surface area contributed by atoms with Gasteiger partial charge < -0.3 is 4.90 Å². The van der Waals surface area contributed by atoms with Gasteiger partial charge in [0.05, 0.1) is 6.54 Å². The molecule has 1 saturated heterocycles. The van der Waals surface area contributed by atoms with Crippen molar-refractivity contribution in [2.45, 2.75) is 27.2 Å². The summed E-state index contributed by atoms with van der Waals surface area (Å²) in [7, 11) is 0. The number of benzene rings is 1. The summed E-state index contributed by atoms with van der Waals surface area (Å²) in [5.74, 6) is 0.347. The van der Waals surface area contributed by atoms with E-state index < -0.39 is 0 Å². The third kappa shape index (κ3) is 2.11. The van der Waals surface area contributed by atoms with E-state index in [1.807, 2.05) is 13.8 Å². The molecule has 16 heavy (non-hydrogen) atoms. The first-order chi connectivity index (χ1) is 7.49. The quantitative estimate of drug-likeness (QED) is 0.721. The van der Waals surface area contributed by atoms with Crippen LogP contribution in [-0.4, -0.2) is 18.9 Å². The third-order valence-electron chi connectivity index (χ3n) is 3.46. The molecule has 0 unspecified atom stereocenters. The van der Waals surface area contributed by atoms with Crippen molar-refractivity contribution in [3.05, 3.63) is 29.8 Å². The summed E-state index contributed by atoms with van der Waals surface area (Å²) in [6, 6.07) is 8.36. The van der Waals surface area contributed by atoms with Crippen LogP contribution >= 0.6 is 0 Å². The van der Waals surface area contributed by atoms with E-state index in [-0.39, 0.29) is 5.41 Å². The Morgan fingerprint density at radius 3 is 2.69 bits per heavy atom. The van der Waals surface area contributed by atoms with E-state index in [0.29, 0.717) is 12.3 Å². The maximum atomic E-state index is 11.9. The van der Waals surface area contributed by atoms with Gasteiger partial charge in [0.2, 0.25) is 0 Å². The van der Waals surface area contributed by atoms with Crippen molar-refractivity contribution in [1.29, 1.82) is 0 Å². The van der Waals surface area contributed by atoms with Crippen LogP contribution in [0.25, 0.3) is 0 Å². The fourth-order valence-corrected chi connectivity index (χ4v) is 2.07. The molecule has 1 aliphatic rings. The Kier molecular flexibility index (Phi) is 2.75. The minimum Gasteiger partial charge on any atom is -0.364 e. The average Bonchev–Trinajstić information content (AvgIpc) is 2.22. The highest BCUT2D eigenvalue weighted by Gasteiger charge is 2.33. The zero-order valence-corrected chi connectivity index (χ0v) is 10.3. The first kappa shape index (κ1) is 11.2. The van der Waals surface area contributed by atoms with Gasteiger partial charge in [-0.3, -0.25) is 4.79 Å². The number of Topliss-reactive ketones (excluding diaryl/α,β-unsaturated/α-hetero) is 1. The molecule has 1 aromatic carbocycles. The van der Waals surface area contributed by atoms with Crippen LogP contribution in [-0.2, 0) is 4.79 Å². The highest BCUT2D eigenvalue weighted by Crippen LogP contribution is 2.29. The summed E-state index contributed by atoms with van der Waals surface area (Å²) in [4.78, 5) is 14.1.